The third kappa shape index (κ3) is 5.13. The number of ether oxygens (including phenoxy) is 2. The van der Waals surface area contributed by atoms with Gasteiger partial charge >= 0.3 is 6.09 Å². The molecule has 0 bridgehead atoms. The van der Waals surface area contributed by atoms with Gasteiger partial charge in [0.15, 0.2) is 5.15 Å². The number of likely N-dealkylation sites (tertiary alicyclic amines) is 1. The number of anilines is 1. The molecule has 23 heavy (non-hydrogen) atoms. The highest BCUT2D eigenvalue weighted by atomic mass is 35.5. The van der Waals surface area contributed by atoms with Crippen molar-refractivity contribution in [3.63, 3.8) is 0 Å². The zero-order valence-corrected chi connectivity index (χ0v) is 14.5. The van der Waals surface area contributed by atoms with E-state index in [0.29, 0.717) is 31.5 Å². The van der Waals surface area contributed by atoms with Crippen molar-refractivity contribution in [3.05, 3.63) is 11.5 Å². The van der Waals surface area contributed by atoms with Gasteiger partial charge in [-0.15, -0.1) is 0 Å². The van der Waals surface area contributed by atoms with Gasteiger partial charge in [-0.05, 0) is 39.5 Å². The molecule has 0 aliphatic carbocycles. The maximum absolute atomic E-state index is 12.0. The number of nitrogens with two attached hydrogens (primary N) is 1. The number of hydrogen-bond acceptors (Lipinski definition) is 6. The van der Waals surface area contributed by atoms with E-state index in [1.807, 2.05) is 20.8 Å². The molecule has 1 aliphatic heterocycles. The van der Waals surface area contributed by atoms with Gasteiger partial charge in [-0.2, -0.15) is 4.98 Å². The Hall–Kier alpha value is -1.76. The first-order valence-electron chi connectivity index (χ1n) is 7.63. The lowest BCUT2D eigenvalue weighted by atomic mass is 9.98. The van der Waals surface area contributed by atoms with Crippen molar-refractivity contribution in [1.29, 1.82) is 0 Å². The molecule has 2 rings (SSSR count). The van der Waals surface area contributed by atoms with Crippen molar-refractivity contribution in [2.75, 3.05) is 25.4 Å². The van der Waals surface area contributed by atoms with Gasteiger partial charge in [-0.25, -0.2) is 9.78 Å². The van der Waals surface area contributed by atoms with Crippen molar-refractivity contribution >= 4 is 23.4 Å². The van der Waals surface area contributed by atoms with Crippen LogP contribution in [-0.2, 0) is 4.74 Å². The van der Waals surface area contributed by atoms with Crippen molar-refractivity contribution in [1.82, 2.24) is 14.9 Å². The Balaban J connectivity index is 1.79. The number of hydrogen-bond donors (Lipinski definition) is 1. The van der Waals surface area contributed by atoms with E-state index in [1.54, 1.807) is 4.90 Å². The summed E-state index contributed by atoms with van der Waals surface area (Å²) in [4.78, 5) is 21.5. The molecule has 0 atom stereocenters. The average molecular weight is 343 g/mol. The number of nitrogen functional groups attached to an aromatic ring is 1. The van der Waals surface area contributed by atoms with E-state index < -0.39 is 5.60 Å². The quantitative estimate of drug-likeness (QED) is 0.849. The van der Waals surface area contributed by atoms with Crippen molar-refractivity contribution in [2.45, 2.75) is 39.2 Å². The first kappa shape index (κ1) is 17.6. The third-order valence-electron chi connectivity index (χ3n) is 3.52. The summed E-state index contributed by atoms with van der Waals surface area (Å²) in [6, 6.07) is 0. The zero-order valence-electron chi connectivity index (χ0n) is 13.7. The molecule has 0 radical (unpaired) electrons. The average Bonchev–Trinajstić information content (AvgIpc) is 2.47. The molecule has 128 valence electrons. The number of carbonyl (C=O) groups is 1. The van der Waals surface area contributed by atoms with Gasteiger partial charge < -0.3 is 20.1 Å². The van der Waals surface area contributed by atoms with Gasteiger partial charge in [-0.3, -0.25) is 0 Å². The predicted molar refractivity (Wildman–Crippen MR) is 87.5 cm³/mol. The molecule has 1 aromatic heterocycles. The number of aromatic nitrogens is 2. The SMILES string of the molecule is CC(C)(C)OC(=O)N1CCC(COc2ncnc(Cl)c2N)CC1. The van der Waals surface area contributed by atoms with Crippen LogP contribution in [0.1, 0.15) is 33.6 Å². The summed E-state index contributed by atoms with van der Waals surface area (Å²) in [6.45, 7) is 7.39. The van der Waals surface area contributed by atoms with E-state index >= 15 is 0 Å². The summed E-state index contributed by atoms with van der Waals surface area (Å²) in [6.07, 6.45) is 2.75. The first-order valence-corrected chi connectivity index (χ1v) is 8.01. The molecule has 2 N–H and O–H groups in total. The van der Waals surface area contributed by atoms with Crippen LogP contribution in [-0.4, -0.2) is 46.3 Å². The van der Waals surface area contributed by atoms with Gasteiger partial charge in [0.25, 0.3) is 0 Å². The molecule has 0 aromatic carbocycles. The summed E-state index contributed by atoms with van der Waals surface area (Å²) in [5.41, 5.74) is 5.55. The molecule has 8 heteroatoms. The highest BCUT2D eigenvalue weighted by molar-refractivity contribution is 6.32. The van der Waals surface area contributed by atoms with Crippen LogP contribution in [0.3, 0.4) is 0 Å². The van der Waals surface area contributed by atoms with Crippen molar-refractivity contribution in [2.24, 2.45) is 5.92 Å². The van der Waals surface area contributed by atoms with Crippen LogP contribution in [0.5, 0.6) is 5.88 Å². The summed E-state index contributed by atoms with van der Waals surface area (Å²) in [5.74, 6) is 0.640. The Labute approximate surface area is 141 Å². The molecular weight excluding hydrogens is 320 g/mol. The van der Waals surface area contributed by atoms with E-state index in [2.05, 4.69) is 9.97 Å². The largest absolute Gasteiger partial charge is 0.476 e. The Morgan fingerprint density at radius 2 is 2.04 bits per heavy atom. The number of amides is 1. The van der Waals surface area contributed by atoms with Crippen LogP contribution in [0.4, 0.5) is 10.5 Å². The summed E-state index contributed by atoms with van der Waals surface area (Å²) in [5, 5.41) is 0.190. The van der Waals surface area contributed by atoms with Crippen LogP contribution in [0.15, 0.2) is 6.33 Å². The molecule has 1 saturated heterocycles. The second kappa shape index (κ2) is 7.21. The molecule has 7 nitrogen and oxygen atoms in total. The molecular formula is C15H23ClN4O3. The van der Waals surface area contributed by atoms with Crippen LogP contribution < -0.4 is 10.5 Å². The number of halogens is 1. The molecule has 1 aliphatic rings. The molecule has 1 aromatic rings. The first-order chi connectivity index (χ1) is 10.8. The second-order valence-corrected chi connectivity index (χ2v) is 6.96. The topological polar surface area (TPSA) is 90.6 Å². The molecule has 2 heterocycles. The number of rotatable bonds is 3. The highest BCUT2D eigenvalue weighted by Crippen LogP contribution is 2.26. The number of nitrogens with zero attached hydrogens (tertiary/aromatic N) is 3. The fourth-order valence-corrected chi connectivity index (χ4v) is 2.40. The lowest BCUT2D eigenvalue weighted by Crippen LogP contribution is -2.42. The van der Waals surface area contributed by atoms with E-state index in [0.717, 1.165) is 12.8 Å². The molecule has 0 spiro atoms. The lowest BCUT2D eigenvalue weighted by Gasteiger charge is -2.33. The second-order valence-electron chi connectivity index (χ2n) is 6.61. The van der Waals surface area contributed by atoms with Gasteiger partial charge in [0.1, 0.15) is 17.6 Å². The summed E-state index contributed by atoms with van der Waals surface area (Å²) >= 11 is 5.83. The Kier molecular flexibility index (Phi) is 5.51. The normalized spacial score (nSPS) is 16.3. The van der Waals surface area contributed by atoms with Gasteiger partial charge in [0.05, 0.1) is 6.61 Å². The minimum Gasteiger partial charge on any atom is -0.476 e. The third-order valence-corrected chi connectivity index (χ3v) is 3.82. The van der Waals surface area contributed by atoms with Gasteiger partial charge in [0.2, 0.25) is 5.88 Å². The Morgan fingerprint density at radius 1 is 1.39 bits per heavy atom. The fourth-order valence-electron chi connectivity index (χ4n) is 2.28. The van der Waals surface area contributed by atoms with E-state index in [4.69, 9.17) is 26.8 Å². The minimum atomic E-state index is -0.471. The smallest absolute Gasteiger partial charge is 0.410 e. The maximum Gasteiger partial charge on any atom is 0.410 e. The van der Waals surface area contributed by atoms with Gasteiger partial charge in [0, 0.05) is 13.1 Å². The zero-order chi connectivity index (χ0) is 17.0. The fraction of sp³-hybridized carbons (Fsp3) is 0.667. The van der Waals surface area contributed by atoms with Crippen LogP contribution in [0.2, 0.25) is 5.15 Å². The van der Waals surface area contributed by atoms with Crippen LogP contribution in [0, 0.1) is 5.92 Å². The maximum atomic E-state index is 12.0. The Bertz CT molecular complexity index is 554. The Morgan fingerprint density at radius 3 is 2.65 bits per heavy atom. The van der Waals surface area contributed by atoms with E-state index in [9.17, 15) is 4.79 Å². The standard InChI is InChI=1S/C15H23ClN4O3/c1-15(2,3)23-14(21)20-6-4-10(5-7-20)8-22-13-11(17)12(16)18-9-19-13/h9-10H,4-8,17H2,1-3H3. The monoisotopic (exact) mass is 342 g/mol. The van der Waals surface area contributed by atoms with Crippen molar-refractivity contribution < 1.29 is 14.3 Å². The van der Waals surface area contributed by atoms with Crippen LogP contribution >= 0.6 is 11.6 Å². The molecule has 0 unspecified atom stereocenters. The number of piperidine rings is 1. The highest BCUT2D eigenvalue weighted by Gasteiger charge is 2.27. The molecule has 1 fully saturated rings. The number of carbonyl (C=O) groups excluding carboxylic acids is 1. The van der Waals surface area contributed by atoms with E-state index in [1.165, 1.54) is 6.33 Å². The van der Waals surface area contributed by atoms with E-state index in [-0.39, 0.29) is 16.9 Å². The minimum absolute atomic E-state index is 0.190. The summed E-state index contributed by atoms with van der Waals surface area (Å²) in [7, 11) is 0. The van der Waals surface area contributed by atoms with Crippen molar-refractivity contribution in [3.8, 4) is 5.88 Å². The molecule has 0 saturated carbocycles. The lowest BCUT2D eigenvalue weighted by molar-refractivity contribution is 0.0164. The predicted octanol–water partition coefficient (Wildman–Crippen LogP) is 2.74. The molecule has 1 amide bonds. The van der Waals surface area contributed by atoms with Gasteiger partial charge in [-0.1, -0.05) is 11.6 Å². The summed E-state index contributed by atoms with van der Waals surface area (Å²) < 4.78 is 11.0. The van der Waals surface area contributed by atoms with Crippen LogP contribution in [0.25, 0.3) is 0 Å².